The lowest BCUT2D eigenvalue weighted by Crippen LogP contribution is -2.49. The van der Waals surface area contributed by atoms with Crippen LogP contribution in [0.25, 0.3) is 22.6 Å². The lowest BCUT2D eigenvalue weighted by molar-refractivity contribution is -0.206. The smallest absolute Gasteiger partial charge is 0.332 e. The molecule has 0 fully saturated rings. The van der Waals surface area contributed by atoms with Crippen molar-refractivity contribution in [2.75, 3.05) is 13.3 Å². The summed E-state index contributed by atoms with van der Waals surface area (Å²) < 4.78 is 11.4. The van der Waals surface area contributed by atoms with Gasteiger partial charge in [0.15, 0.2) is 11.5 Å². The molecule has 0 aliphatic heterocycles. The number of nitrogens with two attached hydrogens (primary N) is 2. The molecule has 404 valence electrons. The fraction of sp³-hybridized carbons (Fsp3) is 0.434. The maximum atomic E-state index is 13.7. The second-order valence-corrected chi connectivity index (χ2v) is 17.5. The fourth-order valence-electron chi connectivity index (χ4n) is 8.29. The maximum Gasteiger partial charge on any atom is 0.332 e. The minimum Gasteiger partial charge on any atom is -0.451 e. The van der Waals surface area contributed by atoms with Crippen LogP contribution >= 0.6 is 0 Å². The first-order valence-electron chi connectivity index (χ1n) is 25.1. The molecule has 0 saturated carbocycles. The first-order valence-corrected chi connectivity index (χ1v) is 25.1. The molecule has 2 aromatic heterocycles. The van der Waals surface area contributed by atoms with Crippen LogP contribution in [0.3, 0.4) is 0 Å². The van der Waals surface area contributed by atoms with Gasteiger partial charge >= 0.3 is 11.9 Å². The Balaban J connectivity index is 1.29. The van der Waals surface area contributed by atoms with Gasteiger partial charge in [-0.1, -0.05) is 90.5 Å². The summed E-state index contributed by atoms with van der Waals surface area (Å²) in [5.74, 6) is -6.51. The van der Waals surface area contributed by atoms with Crippen molar-refractivity contribution in [3.8, 4) is 22.6 Å². The van der Waals surface area contributed by atoms with Crippen LogP contribution in [-0.4, -0.2) is 95.7 Å². The summed E-state index contributed by atoms with van der Waals surface area (Å²) in [6, 6.07) is 16.9. The highest BCUT2D eigenvalue weighted by molar-refractivity contribution is 5.96. The summed E-state index contributed by atoms with van der Waals surface area (Å²) in [5.41, 5.74) is 12.3. The van der Waals surface area contributed by atoms with E-state index in [4.69, 9.17) is 30.0 Å². The molecule has 75 heavy (non-hydrogen) atoms. The van der Waals surface area contributed by atoms with Crippen molar-refractivity contribution in [1.29, 1.82) is 0 Å². The van der Waals surface area contributed by atoms with E-state index in [0.29, 0.717) is 61.2 Å². The molecule has 0 aliphatic carbocycles. The average Bonchev–Trinajstić information content (AvgIpc) is 4.12. The van der Waals surface area contributed by atoms with Crippen LogP contribution in [0.15, 0.2) is 81.6 Å². The highest BCUT2D eigenvalue weighted by Gasteiger charge is 2.35. The second kappa shape index (κ2) is 30.7. The summed E-state index contributed by atoms with van der Waals surface area (Å²) in [5, 5.41) is 12.0. The van der Waals surface area contributed by atoms with Gasteiger partial charge in [-0.05, 0) is 80.6 Å². The molecule has 2 heterocycles. The molecule has 4 rings (SSSR count). The highest BCUT2D eigenvalue weighted by Crippen LogP contribution is 2.27. The Bertz CT molecular complexity index is 2420. The third kappa shape index (κ3) is 18.0. The molecule has 8 N–H and O–H groups in total. The monoisotopic (exact) mass is 1040 g/mol. The van der Waals surface area contributed by atoms with Crippen molar-refractivity contribution < 1.29 is 66.5 Å². The highest BCUT2D eigenvalue weighted by atomic mass is 16.7. The first-order chi connectivity index (χ1) is 36.1. The molecule has 0 aliphatic rings. The zero-order valence-electron chi connectivity index (χ0n) is 42.8. The Morgan fingerprint density at radius 2 is 0.947 bits per heavy atom. The van der Waals surface area contributed by atoms with Crippen LogP contribution in [0.2, 0.25) is 0 Å². The van der Waals surface area contributed by atoms with Gasteiger partial charge in [0, 0.05) is 35.1 Å². The standard InChI is InChI=1S/C53H68N8O14/c1-5-9-11-20-38(50(68)56-30-58-52(70)44-26-24-42(72-44)34-16-13-18-36(28-34)48(54)66)40(7-3)60(32-62)74-46(64)22-15-23-47(65)75-61(33-63)41(8-4)39(21-12-10-6-2)51(69)57-31-59-53(71)45-27-25-43(73-45)35-17-14-19-37(29-35)49(55)67/h13-14,16-19,24-29,32-33,38-41H,5-12,15,20-23,30-31H2,1-4H3,(H2,54,66)(H2,55,67)(H,56,68)(H,57,69)(H,58,70)(H,59,71)/t38-,39-,40-,41-/m1/s1. The summed E-state index contributed by atoms with van der Waals surface area (Å²) in [4.78, 5) is 138. The lowest BCUT2D eigenvalue weighted by Gasteiger charge is -2.32. The van der Waals surface area contributed by atoms with Gasteiger partial charge in [0.25, 0.3) is 11.8 Å². The summed E-state index contributed by atoms with van der Waals surface area (Å²) >= 11 is 0. The predicted octanol–water partition coefficient (Wildman–Crippen LogP) is 5.67. The Labute approximate surface area is 434 Å². The Kier molecular flexibility index (Phi) is 24.2. The average molecular weight is 1040 g/mol. The van der Waals surface area contributed by atoms with Crippen molar-refractivity contribution in [1.82, 2.24) is 31.4 Å². The number of carbonyl (C=O) groups is 10. The van der Waals surface area contributed by atoms with E-state index in [2.05, 4.69) is 21.3 Å². The molecule has 4 atom stereocenters. The normalized spacial score (nSPS) is 12.4. The molecule has 0 saturated heterocycles. The summed E-state index contributed by atoms with van der Waals surface area (Å²) in [6.07, 6.45) is 5.28. The number of nitrogens with zero attached hydrogens (tertiary/aromatic N) is 2. The van der Waals surface area contributed by atoms with Gasteiger partial charge in [0.05, 0.1) is 37.3 Å². The lowest BCUT2D eigenvalue weighted by atomic mass is 9.90. The molecule has 0 bridgehead atoms. The van der Waals surface area contributed by atoms with Crippen molar-refractivity contribution >= 4 is 60.2 Å². The number of primary amides is 2. The number of rotatable bonds is 34. The van der Waals surface area contributed by atoms with Crippen LogP contribution in [0, 0.1) is 11.8 Å². The Hall–Kier alpha value is -8.30. The topological polar surface area (TPSA) is 322 Å². The quantitative estimate of drug-likeness (QED) is 0.0142. The number of benzene rings is 2. The molecule has 22 nitrogen and oxygen atoms in total. The van der Waals surface area contributed by atoms with Crippen LogP contribution in [0.4, 0.5) is 0 Å². The van der Waals surface area contributed by atoms with Crippen molar-refractivity contribution in [2.24, 2.45) is 23.3 Å². The number of nitrogens with one attached hydrogen (secondary N) is 4. The predicted molar refractivity (Wildman–Crippen MR) is 272 cm³/mol. The summed E-state index contributed by atoms with van der Waals surface area (Å²) in [6.45, 7) is 6.80. The van der Waals surface area contributed by atoms with Crippen LogP contribution in [0.1, 0.15) is 153 Å². The van der Waals surface area contributed by atoms with Gasteiger partial charge in [-0.3, -0.25) is 38.4 Å². The number of hydrogen-bond donors (Lipinski definition) is 6. The van der Waals surface area contributed by atoms with E-state index in [1.807, 2.05) is 13.8 Å². The van der Waals surface area contributed by atoms with Crippen LogP contribution in [0.5, 0.6) is 0 Å². The molecule has 0 spiro atoms. The number of amides is 8. The third-order valence-corrected chi connectivity index (χ3v) is 12.3. The molecular weight excluding hydrogens is 973 g/mol. The Morgan fingerprint density at radius 3 is 1.29 bits per heavy atom. The Morgan fingerprint density at radius 1 is 0.547 bits per heavy atom. The van der Waals surface area contributed by atoms with Crippen molar-refractivity contribution in [3.05, 3.63) is 95.4 Å². The maximum absolute atomic E-state index is 13.7. The molecule has 22 heteroatoms. The number of carbonyl (C=O) groups excluding carboxylic acids is 10. The molecule has 8 amide bonds. The van der Waals surface area contributed by atoms with E-state index in [1.165, 1.54) is 24.3 Å². The van der Waals surface area contributed by atoms with E-state index < -0.39 is 71.3 Å². The zero-order chi connectivity index (χ0) is 54.9. The van der Waals surface area contributed by atoms with Gasteiger partial charge in [-0.2, -0.15) is 10.1 Å². The molecular formula is C53H68N8O14. The van der Waals surface area contributed by atoms with E-state index in [1.54, 1.807) is 62.4 Å². The van der Waals surface area contributed by atoms with Gasteiger partial charge in [-0.25, -0.2) is 9.59 Å². The minimum absolute atomic E-state index is 0.0582. The zero-order valence-corrected chi connectivity index (χ0v) is 42.8. The molecule has 0 unspecified atom stereocenters. The van der Waals surface area contributed by atoms with Gasteiger partial charge in [0.1, 0.15) is 11.5 Å². The number of furan rings is 2. The van der Waals surface area contributed by atoms with Gasteiger partial charge in [0.2, 0.25) is 36.4 Å². The number of unbranched alkanes of at least 4 members (excludes halogenated alkanes) is 4. The number of hydroxylamine groups is 4. The summed E-state index contributed by atoms with van der Waals surface area (Å²) in [7, 11) is 0. The van der Waals surface area contributed by atoms with Gasteiger partial charge in [-0.15, -0.1) is 0 Å². The largest absolute Gasteiger partial charge is 0.451 e. The minimum atomic E-state index is -0.900. The van der Waals surface area contributed by atoms with E-state index in [-0.39, 0.29) is 68.1 Å². The van der Waals surface area contributed by atoms with Crippen LogP contribution in [-0.2, 0) is 38.4 Å². The van der Waals surface area contributed by atoms with E-state index in [9.17, 15) is 47.9 Å². The second-order valence-electron chi connectivity index (χ2n) is 17.5. The molecule has 0 radical (unpaired) electrons. The number of hydrogen-bond acceptors (Lipinski definition) is 14. The first kappa shape index (κ1) is 59.3. The van der Waals surface area contributed by atoms with Crippen molar-refractivity contribution in [2.45, 2.75) is 123 Å². The SMILES string of the molecule is CCCCC[C@@H](C(=O)NCNC(=O)c1ccc(-c2cccc(C(N)=O)c2)o1)[C@@H](CC)N(C=O)OC(=O)CCCC(=O)ON(C=O)[C@H](CC)[C@@H](CCCCC)C(=O)NCNC(=O)c1ccc(-c2cccc(C(N)=O)c2)o1. The van der Waals surface area contributed by atoms with E-state index >= 15 is 0 Å². The molecule has 2 aromatic carbocycles. The third-order valence-electron chi connectivity index (χ3n) is 12.3. The van der Waals surface area contributed by atoms with E-state index in [0.717, 1.165) is 35.8 Å². The van der Waals surface area contributed by atoms with Crippen LogP contribution < -0.4 is 32.7 Å². The fourth-order valence-corrected chi connectivity index (χ4v) is 8.29. The van der Waals surface area contributed by atoms with Gasteiger partial charge < -0.3 is 51.2 Å². The van der Waals surface area contributed by atoms with Crippen molar-refractivity contribution in [3.63, 3.8) is 0 Å². The molecule has 4 aromatic rings.